The number of anilines is 2. The van der Waals surface area contributed by atoms with E-state index in [2.05, 4.69) is 20.5 Å². The highest BCUT2D eigenvalue weighted by Crippen LogP contribution is 2.33. The van der Waals surface area contributed by atoms with E-state index in [4.69, 9.17) is 23.2 Å². The molecule has 2 aliphatic heterocycles. The molecule has 3 heterocycles. The van der Waals surface area contributed by atoms with Crippen molar-refractivity contribution in [2.75, 3.05) is 30.3 Å². The summed E-state index contributed by atoms with van der Waals surface area (Å²) in [6.07, 6.45) is 3.72. The summed E-state index contributed by atoms with van der Waals surface area (Å²) in [6, 6.07) is 2.84. The van der Waals surface area contributed by atoms with Gasteiger partial charge in [0.05, 0.1) is 10.0 Å². The molecule has 2 unspecified atom stereocenters. The van der Waals surface area contributed by atoms with E-state index in [0.29, 0.717) is 27.9 Å². The topological polar surface area (TPSA) is 40.2 Å². The van der Waals surface area contributed by atoms with E-state index < -0.39 is 0 Å². The van der Waals surface area contributed by atoms with E-state index in [1.54, 1.807) is 6.07 Å². The van der Waals surface area contributed by atoms with Crippen molar-refractivity contribution >= 4 is 34.8 Å². The van der Waals surface area contributed by atoms with E-state index in [-0.39, 0.29) is 0 Å². The number of nitrogens with zero attached hydrogens (tertiary/aromatic N) is 2. The first kappa shape index (κ1) is 14.2. The molecule has 4 nitrogen and oxygen atoms in total. The summed E-state index contributed by atoms with van der Waals surface area (Å²) in [5.41, 5.74) is 0. The van der Waals surface area contributed by atoms with Crippen LogP contribution in [-0.4, -0.2) is 41.6 Å². The minimum absolute atomic E-state index is 0.443. The van der Waals surface area contributed by atoms with Crippen LogP contribution in [0, 0.1) is 0 Å². The molecule has 0 aliphatic carbocycles. The minimum atomic E-state index is 0.443. The minimum Gasteiger partial charge on any atom is -0.369 e. The second-order valence-electron chi connectivity index (χ2n) is 5.46. The highest BCUT2D eigenvalue weighted by atomic mass is 35.5. The van der Waals surface area contributed by atoms with E-state index in [9.17, 15) is 0 Å². The van der Waals surface area contributed by atoms with Crippen LogP contribution >= 0.6 is 23.2 Å². The summed E-state index contributed by atoms with van der Waals surface area (Å²) in [6.45, 7) is 5.21. The number of rotatable bonds is 4. The van der Waals surface area contributed by atoms with Gasteiger partial charge in [0.1, 0.15) is 11.6 Å². The predicted molar refractivity (Wildman–Crippen MR) is 85.0 cm³/mol. The molecule has 20 heavy (non-hydrogen) atoms. The lowest BCUT2D eigenvalue weighted by Gasteiger charge is -2.22. The molecule has 0 aromatic carbocycles. The monoisotopic (exact) mass is 314 g/mol. The summed E-state index contributed by atoms with van der Waals surface area (Å²) in [4.78, 5) is 7.10. The third kappa shape index (κ3) is 2.69. The molecular weight excluding hydrogens is 295 g/mol. The van der Waals surface area contributed by atoms with Gasteiger partial charge in [-0.2, -0.15) is 0 Å². The quantitative estimate of drug-likeness (QED) is 0.892. The van der Waals surface area contributed by atoms with Crippen LogP contribution in [0.1, 0.15) is 26.2 Å². The molecule has 2 atom stereocenters. The lowest BCUT2D eigenvalue weighted by Crippen LogP contribution is -2.34. The van der Waals surface area contributed by atoms with Crippen molar-refractivity contribution in [2.24, 2.45) is 0 Å². The molecule has 6 heteroatoms. The molecule has 2 aliphatic rings. The first-order valence-electron chi connectivity index (χ1n) is 7.29. The van der Waals surface area contributed by atoms with Gasteiger partial charge >= 0.3 is 0 Å². The largest absolute Gasteiger partial charge is 0.369 e. The summed E-state index contributed by atoms with van der Waals surface area (Å²) >= 11 is 12.4. The molecule has 0 amide bonds. The van der Waals surface area contributed by atoms with Crippen LogP contribution in [0.3, 0.4) is 0 Å². The van der Waals surface area contributed by atoms with E-state index in [0.717, 1.165) is 18.8 Å². The molecule has 0 bridgehead atoms. The number of hydrogen-bond donors (Lipinski definition) is 2. The predicted octanol–water partition coefficient (Wildman–Crippen LogP) is 3.47. The first-order valence-corrected chi connectivity index (χ1v) is 8.05. The van der Waals surface area contributed by atoms with Crippen LogP contribution in [0.2, 0.25) is 10.0 Å². The Hall–Kier alpha value is -0.710. The van der Waals surface area contributed by atoms with Crippen molar-refractivity contribution < 1.29 is 0 Å². The lowest BCUT2D eigenvalue weighted by atomic mass is 10.1. The van der Waals surface area contributed by atoms with Crippen molar-refractivity contribution in [3.63, 3.8) is 0 Å². The Kier molecular flexibility index (Phi) is 4.24. The molecular formula is C14H20Cl2N4. The fourth-order valence-corrected chi connectivity index (χ4v) is 3.77. The van der Waals surface area contributed by atoms with Crippen LogP contribution < -0.4 is 10.6 Å². The highest BCUT2D eigenvalue weighted by molar-refractivity contribution is 6.37. The Morgan fingerprint density at radius 2 is 2.05 bits per heavy atom. The zero-order valence-corrected chi connectivity index (χ0v) is 13.1. The number of fused-ring (bicyclic) bond motifs is 1. The Morgan fingerprint density at radius 3 is 2.85 bits per heavy atom. The maximum absolute atomic E-state index is 6.27. The van der Waals surface area contributed by atoms with Crippen molar-refractivity contribution in [1.29, 1.82) is 0 Å². The standard InChI is InChI=1S/C14H20Cl2N4/c1-2-17-13-9(15)8-10(16)14(19-13)18-11-5-7-20-6-3-4-12(11)20/h8,11-12H,2-7H2,1H3,(H2,17,18,19). The molecule has 110 valence electrons. The van der Waals surface area contributed by atoms with Crippen LogP contribution in [0.15, 0.2) is 6.07 Å². The molecule has 2 fully saturated rings. The summed E-state index contributed by atoms with van der Waals surface area (Å²) < 4.78 is 0. The van der Waals surface area contributed by atoms with Gasteiger partial charge in [0, 0.05) is 25.2 Å². The fourth-order valence-electron chi connectivity index (χ4n) is 3.29. The second-order valence-corrected chi connectivity index (χ2v) is 6.28. The van der Waals surface area contributed by atoms with Gasteiger partial charge in [-0.25, -0.2) is 4.98 Å². The fraction of sp³-hybridized carbons (Fsp3) is 0.643. The van der Waals surface area contributed by atoms with Gasteiger partial charge in [0.2, 0.25) is 0 Å². The Bertz CT molecular complexity index is 494. The maximum atomic E-state index is 6.27. The number of hydrogen-bond acceptors (Lipinski definition) is 4. The molecule has 0 saturated carbocycles. The number of aromatic nitrogens is 1. The third-order valence-electron chi connectivity index (χ3n) is 4.20. The summed E-state index contributed by atoms with van der Waals surface area (Å²) in [5.74, 6) is 1.44. The smallest absolute Gasteiger partial charge is 0.147 e. The summed E-state index contributed by atoms with van der Waals surface area (Å²) in [7, 11) is 0. The average Bonchev–Trinajstić information content (AvgIpc) is 3.00. The molecule has 2 N–H and O–H groups in total. The lowest BCUT2D eigenvalue weighted by molar-refractivity contribution is 0.318. The van der Waals surface area contributed by atoms with Gasteiger partial charge in [-0.05, 0) is 38.8 Å². The maximum Gasteiger partial charge on any atom is 0.147 e. The Morgan fingerprint density at radius 1 is 1.25 bits per heavy atom. The molecule has 3 rings (SSSR count). The van der Waals surface area contributed by atoms with Crippen LogP contribution in [0.5, 0.6) is 0 Å². The van der Waals surface area contributed by atoms with Crippen LogP contribution in [0.4, 0.5) is 11.6 Å². The number of nitrogens with one attached hydrogen (secondary N) is 2. The molecule has 1 aromatic heterocycles. The number of pyridine rings is 1. The van der Waals surface area contributed by atoms with Gasteiger partial charge in [-0.15, -0.1) is 0 Å². The van der Waals surface area contributed by atoms with Gasteiger partial charge in [-0.3, -0.25) is 4.90 Å². The summed E-state index contributed by atoms with van der Waals surface area (Å²) in [5, 5.41) is 7.84. The van der Waals surface area contributed by atoms with Gasteiger partial charge in [0.25, 0.3) is 0 Å². The molecule has 1 aromatic rings. The van der Waals surface area contributed by atoms with E-state index in [1.165, 1.54) is 25.9 Å². The van der Waals surface area contributed by atoms with E-state index in [1.807, 2.05) is 6.92 Å². The van der Waals surface area contributed by atoms with E-state index >= 15 is 0 Å². The van der Waals surface area contributed by atoms with Gasteiger partial charge in [0.15, 0.2) is 0 Å². The van der Waals surface area contributed by atoms with Crippen LogP contribution in [-0.2, 0) is 0 Å². The third-order valence-corrected chi connectivity index (χ3v) is 4.78. The average molecular weight is 315 g/mol. The normalized spacial score (nSPS) is 25.8. The van der Waals surface area contributed by atoms with Crippen molar-refractivity contribution in [3.8, 4) is 0 Å². The SMILES string of the molecule is CCNc1nc(NC2CCN3CCCC23)c(Cl)cc1Cl. The van der Waals surface area contributed by atoms with Gasteiger partial charge < -0.3 is 10.6 Å². The highest BCUT2D eigenvalue weighted by Gasteiger charge is 2.37. The van der Waals surface area contributed by atoms with Crippen LogP contribution in [0.25, 0.3) is 0 Å². The van der Waals surface area contributed by atoms with Crippen molar-refractivity contribution in [3.05, 3.63) is 16.1 Å². The van der Waals surface area contributed by atoms with Crippen molar-refractivity contribution in [2.45, 2.75) is 38.3 Å². The Labute approximate surface area is 129 Å². The Balaban J connectivity index is 1.78. The zero-order chi connectivity index (χ0) is 14.1. The second kappa shape index (κ2) is 5.96. The van der Waals surface area contributed by atoms with Gasteiger partial charge in [-0.1, -0.05) is 23.2 Å². The zero-order valence-electron chi connectivity index (χ0n) is 11.6. The number of halogens is 2. The molecule has 2 saturated heterocycles. The molecule has 0 radical (unpaired) electrons. The molecule has 0 spiro atoms. The first-order chi connectivity index (χ1) is 9.69. The van der Waals surface area contributed by atoms with Crippen molar-refractivity contribution in [1.82, 2.24) is 9.88 Å².